The lowest BCUT2D eigenvalue weighted by molar-refractivity contribution is -0.122. The predicted molar refractivity (Wildman–Crippen MR) is 121 cm³/mol. The minimum Gasteiger partial charge on any atom is -0.375 e. The Morgan fingerprint density at radius 3 is 2.59 bits per heavy atom. The SMILES string of the molecule is O=C1CC(c2cccs2)C=C2Nc3ccccc3NC(c3ccc(Cl)cc3Cl)C12. The number of ketones is 1. The topological polar surface area (TPSA) is 41.1 Å². The molecule has 1 aliphatic carbocycles. The van der Waals surface area contributed by atoms with E-state index in [2.05, 4.69) is 28.2 Å². The molecule has 3 atom stereocenters. The van der Waals surface area contributed by atoms with Gasteiger partial charge in [-0.15, -0.1) is 11.3 Å². The number of fused-ring (bicyclic) bond motifs is 2. The number of para-hydroxylation sites is 2. The lowest BCUT2D eigenvalue weighted by Crippen LogP contribution is -2.33. The summed E-state index contributed by atoms with van der Waals surface area (Å²) < 4.78 is 0. The summed E-state index contributed by atoms with van der Waals surface area (Å²) in [5.41, 5.74) is 3.69. The van der Waals surface area contributed by atoms with E-state index in [1.54, 1.807) is 17.4 Å². The number of carbonyl (C=O) groups excluding carboxylic acids is 1. The third-order valence-electron chi connectivity index (χ3n) is 5.54. The molecule has 0 amide bonds. The van der Waals surface area contributed by atoms with Gasteiger partial charge in [0.15, 0.2) is 0 Å². The van der Waals surface area contributed by atoms with Gasteiger partial charge in [0.2, 0.25) is 0 Å². The van der Waals surface area contributed by atoms with Crippen LogP contribution in [-0.2, 0) is 4.79 Å². The maximum Gasteiger partial charge on any atom is 0.145 e. The highest BCUT2D eigenvalue weighted by Crippen LogP contribution is 2.46. The van der Waals surface area contributed by atoms with Crippen molar-refractivity contribution in [3.05, 3.63) is 92.2 Å². The van der Waals surface area contributed by atoms with Crippen molar-refractivity contribution in [1.82, 2.24) is 0 Å². The van der Waals surface area contributed by atoms with Gasteiger partial charge in [0.05, 0.1) is 23.3 Å². The second-order valence-corrected chi connectivity index (χ2v) is 9.17. The van der Waals surface area contributed by atoms with Crippen LogP contribution in [0.3, 0.4) is 0 Å². The highest BCUT2D eigenvalue weighted by atomic mass is 35.5. The number of rotatable bonds is 2. The van der Waals surface area contributed by atoms with Gasteiger partial charge in [0.25, 0.3) is 0 Å². The van der Waals surface area contributed by atoms with E-state index < -0.39 is 0 Å². The normalized spacial score (nSPS) is 23.2. The number of thiophene rings is 1. The van der Waals surface area contributed by atoms with E-state index in [9.17, 15) is 4.79 Å². The van der Waals surface area contributed by atoms with Crippen LogP contribution < -0.4 is 10.6 Å². The average molecular weight is 441 g/mol. The van der Waals surface area contributed by atoms with Crippen LogP contribution in [-0.4, -0.2) is 5.78 Å². The quantitative estimate of drug-likeness (QED) is 0.455. The molecule has 3 nitrogen and oxygen atoms in total. The zero-order chi connectivity index (χ0) is 20.0. The highest BCUT2D eigenvalue weighted by molar-refractivity contribution is 7.10. The first-order valence-corrected chi connectivity index (χ1v) is 11.1. The average Bonchev–Trinajstić information content (AvgIpc) is 3.17. The molecule has 0 bridgehead atoms. The van der Waals surface area contributed by atoms with Gasteiger partial charge in [-0.2, -0.15) is 0 Å². The molecule has 2 N–H and O–H groups in total. The smallest absolute Gasteiger partial charge is 0.145 e. The second-order valence-electron chi connectivity index (χ2n) is 7.35. The van der Waals surface area contributed by atoms with Crippen LogP contribution in [0.5, 0.6) is 0 Å². The zero-order valence-corrected chi connectivity index (χ0v) is 17.7. The molecule has 0 radical (unpaired) electrons. The number of hydrogen-bond donors (Lipinski definition) is 2. The van der Waals surface area contributed by atoms with Crippen LogP contribution >= 0.6 is 34.5 Å². The van der Waals surface area contributed by atoms with Crippen LogP contribution in [0.4, 0.5) is 11.4 Å². The van der Waals surface area contributed by atoms with Gasteiger partial charge < -0.3 is 10.6 Å². The summed E-state index contributed by atoms with van der Waals surface area (Å²) in [6, 6.07) is 17.3. The van der Waals surface area contributed by atoms with E-state index in [4.69, 9.17) is 23.2 Å². The van der Waals surface area contributed by atoms with Crippen molar-refractivity contribution in [3.63, 3.8) is 0 Å². The first-order valence-electron chi connectivity index (χ1n) is 9.45. The van der Waals surface area contributed by atoms with Crippen molar-refractivity contribution in [2.45, 2.75) is 18.4 Å². The van der Waals surface area contributed by atoms with Crippen LogP contribution in [0.25, 0.3) is 0 Å². The number of Topliss-reactive ketones (excluding diaryl/α,β-unsaturated/α-hetero) is 1. The number of benzene rings is 2. The first-order chi connectivity index (χ1) is 14.1. The van der Waals surface area contributed by atoms with Crippen LogP contribution in [0, 0.1) is 5.92 Å². The Labute approximate surface area is 183 Å². The molecule has 3 aromatic rings. The molecular formula is C23H18Cl2N2OS. The Balaban J connectivity index is 1.65. The van der Waals surface area contributed by atoms with Gasteiger partial charge in [0.1, 0.15) is 5.78 Å². The number of anilines is 2. The summed E-state index contributed by atoms with van der Waals surface area (Å²) in [4.78, 5) is 14.6. The van der Waals surface area contributed by atoms with Gasteiger partial charge >= 0.3 is 0 Å². The van der Waals surface area contributed by atoms with E-state index in [1.807, 2.05) is 42.5 Å². The number of hydrogen-bond acceptors (Lipinski definition) is 4. The Bertz CT molecular complexity index is 1110. The second kappa shape index (κ2) is 7.52. The van der Waals surface area contributed by atoms with E-state index in [0.717, 1.165) is 22.6 Å². The maximum atomic E-state index is 13.4. The molecule has 0 spiro atoms. The third-order valence-corrected chi connectivity index (χ3v) is 7.11. The molecule has 2 heterocycles. The number of nitrogens with one attached hydrogen (secondary N) is 2. The van der Waals surface area contributed by atoms with Gasteiger partial charge in [-0.3, -0.25) is 4.79 Å². The number of carbonyl (C=O) groups is 1. The molecule has 6 heteroatoms. The van der Waals surface area contributed by atoms with E-state index in [1.165, 1.54) is 4.88 Å². The Morgan fingerprint density at radius 1 is 1.00 bits per heavy atom. The molecule has 2 aromatic carbocycles. The molecule has 3 unspecified atom stereocenters. The molecule has 1 aromatic heterocycles. The summed E-state index contributed by atoms with van der Waals surface area (Å²) in [5.74, 6) is -0.0603. The van der Waals surface area contributed by atoms with Gasteiger partial charge in [-0.25, -0.2) is 0 Å². The number of halogens is 2. The fourth-order valence-electron chi connectivity index (χ4n) is 4.20. The molecule has 0 saturated heterocycles. The summed E-state index contributed by atoms with van der Waals surface area (Å²) in [7, 11) is 0. The van der Waals surface area contributed by atoms with Crippen LogP contribution in [0.1, 0.15) is 28.8 Å². The first kappa shape index (κ1) is 18.7. The van der Waals surface area contributed by atoms with Crippen LogP contribution in [0.15, 0.2) is 71.8 Å². The molecule has 5 rings (SSSR count). The Morgan fingerprint density at radius 2 is 1.83 bits per heavy atom. The largest absolute Gasteiger partial charge is 0.375 e. The maximum absolute atomic E-state index is 13.4. The fourth-order valence-corrected chi connectivity index (χ4v) is 5.53. The van der Waals surface area contributed by atoms with E-state index >= 15 is 0 Å². The fraction of sp³-hybridized carbons (Fsp3) is 0.174. The number of allylic oxidation sites excluding steroid dienone is 1. The lowest BCUT2D eigenvalue weighted by Gasteiger charge is -2.32. The van der Waals surface area contributed by atoms with Crippen molar-refractivity contribution in [1.29, 1.82) is 0 Å². The summed E-state index contributed by atoms with van der Waals surface area (Å²) in [6.07, 6.45) is 2.69. The van der Waals surface area contributed by atoms with Crippen molar-refractivity contribution >= 4 is 51.7 Å². The Kier molecular flexibility index (Phi) is 4.86. The zero-order valence-electron chi connectivity index (χ0n) is 15.4. The summed E-state index contributed by atoms with van der Waals surface area (Å²) in [5, 5.41) is 10.3. The predicted octanol–water partition coefficient (Wildman–Crippen LogP) is 6.89. The monoisotopic (exact) mass is 440 g/mol. The molecule has 0 saturated carbocycles. The minimum absolute atomic E-state index is 0.0906. The standard InChI is InChI=1S/C23H18Cl2N2OS/c24-14-7-8-15(16(25)12-14)23-22-19(26-17-4-1-2-5-18(17)27-23)10-13(11-20(22)28)21-6-3-9-29-21/h1-10,12-13,22-23,26-27H,11H2. The van der Waals surface area contributed by atoms with Crippen molar-refractivity contribution < 1.29 is 4.79 Å². The van der Waals surface area contributed by atoms with E-state index in [0.29, 0.717) is 16.5 Å². The van der Waals surface area contributed by atoms with Crippen LogP contribution in [0.2, 0.25) is 10.0 Å². The molecule has 2 aliphatic rings. The third kappa shape index (κ3) is 3.46. The minimum atomic E-state index is -0.350. The molecule has 146 valence electrons. The van der Waals surface area contributed by atoms with Gasteiger partial charge in [-0.1, -0.05) is 53.5 Å². The van der Waals surface area contributed by atoms with Gasteiger partial charge in [-0.05, 0) is 41.3 Å². The molecular weight excluding hydrogens is 423 g/mol. The molecule has 29 heavy (non-hydrogen) atoms. The van der Waals surface area contributed by atoms with Gasteiger partial charge in [0, 0.05) is 33.0 Å². The summed E-state index contributed by atoms with van der Waals surface area (Å²) >= 11 is 14.4. The molecule has 1 aliphatic heterocycles. The van der Waals surface area contributed by atoms with Crippen molar-refractivity contribution in [2.24, 2.45) is 5.92 Å². The highest BCUT2D eigenvalue weighted by Gasteiger charge is 2.40. The van der Waals surface area contributed by atoms with E-state index in [-0.39, 0.29) is 23.7 Å². The molecule has 0 fully saturated rings. The lowest BCUT2D eigenvalue weighted by atomic mass is 9.78. The van der Waals surface area contributed by atoms with Crippen molar-refractivity contribution in [3.8, 4) is 0 Å². The summed E-state index contributed by atoms with van der Waals surface area (Å²) in [6.45, 7) is 0. The Hall–Kier alpha value is -2.27. The van der Waals surface area contributed by atoms with Crippen molar-refractivity contribution in [2.75, 3.05) is 10.6 Å².